The summed E-state index contributed by atoms with van der Waals surface area (Å²) in [5.41, 5.74) is 1.36. The molecule has 1 aromatic rings. The second-order valence-electron chi connectivity index (χ2n) is 6.16. The van der Waals surface area contributed by atoms with E-state index >= 15 is 0 Å². The van der Waals surface area contributed by atoms with E-state index in [0.29, 0.717) is 6.04 Å². The van der Waals surface area contributed by atoms with Crippen LogP contribution in [-0.4, -0.2) is 43.8 Å². The van der Waals surface area contributed by atoms with E-state index in [1.807, 2.05) is 13.0 Å². The van der Waals surface area contributed by atoms with E-state index in [-0.39, 0.29) is 5.54 Å². The molecule has 1 heterocycles. The predicted octanol–water partition coefficient (Wildman–Crippen LogP) is 2.42. The Morgan fingerprint density at radius 3 is 2.58 bits per heavy atom. The van der Waals surface area contributed by atoms with Crippen molar-refractivity contribution in [3.63, 3.8) is 0 Å². The summed E-state index contributed by atoms with van der Waals surface area (Å²) in [6.07, 6.45) is 1.75. The Morgan fingerprint density at radius 2 is 2.11 bits per heavy atom. The van der Waals surface area contributed by atoms with Crippen molar-refractivity contribution in [3.8, 4) is 0 Å². The number of methoxy groups -OCH3 is 1. The summed E-state index contributed by atoms with van der Waals surface area (Å²) in [7, 11) is 3.88. The first kappa shape index (κ1) is 16.2. The maximum absolute atomic E-state index is 5.35. The number of nitrogens with one attached hydrogen (secondary N) is 1. The van der Waals surface area contributed by atoms with E-state index < -0.39 is 0 Å². The van der Waals surface area contributed by atoms with Crippen molar-refractivity contribution in [1.29, 1.82) is 0 Å². The Kier molecular flexibility index (Phi) is 6.04. The first-order valence-corrected chi connectivity index (χ1v) is 6.80. The lowest BCUT2D eigenvalue weighted by Crippen LogP contribution is -2.48. The SMILES string of the molecule is COCC(CNC(C)(C)C)N(C)Cc1ccoc1C. The molecule has 1 N–H and O–H groups in total. The molecule has 0 fully saturated rings. The predicted molar refractivity (Wildman–Crippen MR) is 78.3 cm³/mol. The molecule has 0 aliphatic carbocycles. The Balaban J connectivity index is 2.57. The number of likely N-dealkylation sites (N-methyl/N-ethyl adjacent to an activating group) is 1. The van der Waals surface area contributed by atoms with E-state index in [4.69, 9.17) is 9.15 Å². The van der Waals surface area contributed by atoms with Crippen molar-refractivity contribution < 1.29 is 9.15 Å². The Hall–Kier alpha value is -0.840. The monoisotopic (exact) mass is 268 g/mol. The molecular formula is C15H28N2O2. The maximum atomic E-state index is 5.35. The molecule has 4 nitrogen and oxygen atoms in total. The van der Waals surface area contributed by atoms with Crippen molar-refractivity contribution in [2.75, 3.05) is 27.3 Å². The van der Waals surface area contributed by atoms with Crippen molar-refractivity contribution in [2.24, 2.45) is 0 Å². The van der Waals surface area contributed by atoms with Crippen LogP contribution in [0.2, 0.25) is 0 Å². The molecule has 0 saturated heterocycles. The number of rotatable bonds is 7. The second-order valence-corrected chi connectivity index (χ2v) is 6.16. The van der Waals surface area contributed by atoms with Gasteiger partial charge in [0.05, 0.1) is 12.9 Å². The van der Waals surface area contributed by atoms with Crippen LogP contribution < -0.4 is 5.32 Å². The summed E-state index contributed by atoms with van der Waals surface area (Å²) in [5.74, 6) is 0.992. The normalized spacial score (nSPS) is 14.1. The molecule has 0 bridgehead atoms. The molecule has 1 atom stereocenters. The molecule has 1 unspecified atom stereocenters. The van der Waals surface area contributed by atoms with Gasteiger partial charge < -0.3 is 14.5 Å². The van der Waals surface area contributed by atoms with Gasteiger partial charge in [-0.05, 0) is 40.8 Å². The molecule has 0 aromatic carbocycles. The van der Waals surface area contributed by atoms with Gasteiger partial charge in [-0.15, -0.1) is 0 Å². The first-order valence-electron chi connectivity index (χ1n) is 6.80. The third-order valence-corrected chi connectivity index (χ3v) is 3.24. The average Bonchev–Trinajstić information content (AvgIpc) is 2.69. The smallest absolute Gasteiger partial charge is 0.105 e. The van der Waals surface area contributed by atoms with Crippen molar-refractivity contribution in [1.82, 2.24) is 10.2 Å². The standard InChI is InChI=1S/C15H28N2O2/c1-12-13(7-8-19-12)10-17(5)14(11-18-6)9-16-15(2,3)4/h7-8,14,16H,9-11H2,1-6H3. The highest BCUT2D eigenvalue weighted by Crippen LogP contribution is 2.13. The van der Waals surface area contributed by atoms with E-state index in [0.717, 1.165) is 25.5 Å². The van der Waals surface area contributed by atoms with E-state index in [9.17, 15) is 0 Å². The van der Waals surface area contributed by atoms with Crippen LogP contribution in [0, 0.1) is 6.92 Å². The summed E-state index contributed by atoms with van der Waals surface area (Å²) in [6.45, 7) is 11.0. The minimum absolute atomic E-state index is 0.123. The third-order valence-electron chi connectivity index (χ3n) is 3.24. The molecule has 4 heteroatoms. The third kappa shape index (κ3) is 5.76. The van der Waals surface area contributed by atoms with Crippen molar-refractivity contribution >= 4 is 0 Å². The zero-order chi connectivity index (χ0) is 14.5. The number of hydrogen-bond acceptors (Lipinski definition) is 4. The van der Waals surface area contributed by atoms with Gasteiger partial charge in [0.2, 0.25) is 0 Å². The number of ether oxygens (including phenoxy) is 1. The zero-order valence-corrected chi connectivity index (χ0v) is 13.1. The highest BCUT2D eigenvalue weighted by Gasteiger charge is 2.19. The van der Waals surface area contributed by atoms with E-state index in [1.165, 1.54) is 5.56 Å². The van der Waals surface area contributed by atoms with Gasteiger partial charge in [-0.2, -0.15) is 0 Å². The molecule has 1 aromatic heterocycles. The van der Waals surface area contributed by atoms with Crippen LogP contribution in [0.3, 0.4) is 0 Å². The zero-order valence-electron chi connectivity index (χ0n) is 13.1. The van der Waals surface area contributed by atoms with Gasteiger partial charge in [-0.1, -0.05) is 0 Å². The number of nitrogens with zero attached hydrogens (tertiary/aromatic N) is 1. The van der Waals surface area contributed by atoms with Gasteiger partial charge in [0.15, 0.2) is 0 Å². The molecule has 0 aliphatic rings. The fourth-order valence-corrected chi connectivity index (χ4v) is 1.93. The first-order chi connectivity index (χ1) is 8.83. The molecular weight excluding hydrogens is 240 g/mol. The molecule has 1 rings (SSSR count). The molecule has 0 amide bonds. The van der Waals surface area contributed by atoms with Crippen LogP contribution in [0.25, 0.3) is 0 Å². The van der Waals surface area contributed by atoms with Crippen molar-refractivity contribution in [3.05, 3.63) is 23.7 Å². The van der Waals surface area contributed by atoms with Gasteiger partial charge in [0, 0.05) is 37.3 Å². The fraction of sp³-hybridized carbons (Fsp3) is 0.733. The Bertz CT molecular complexity index is 368. The topological polar surface area (TPSA) is 37.6 Å². The van der Waals surface area contributed by atoms with Crippen LogP contribution in [0.15, 0.2) is 16.7 Å². The lowest BCUT2D eigenvalue weighted by Gasteiger charge is -2.31. The molecule has 110 valence electrons. The van der Waals surface area contributed by atoms with Gasteiger partial charge in [-0.25, -0.2) is 0 Å². The lowest BCUT2D eigenvalue weighted by molar-refractivity contribution is 0.0970. The molecule has 0 spiro atoms. The summed E-state index contributed by atoms with van der Waals surface area (Å²) in [6, 6.07) is 2.38. The highest BCUT2D eigenvalue weighted by molar-refractivity contribution is 5.15. The summed E-state index contributed by atoms with van der Waals surface area (Å²) in [5, 5.41) is 3.54. The highest BCUT2D eigenvalue weighted by atomic mass is 16.5. The molecule has 19 heavy (non-hydrogen) atoms. The Labute approximate surface area is 117 Å². The quantitative estimate of drug-likeness (QED) is 0.824. The van der Waals surface area contributed by atoms with E-state index in [1.54, 1.807) is 13.4 Å². The van der Waals surface area contributed by atoms with Gasteiger partial charge in [0.1, 0.15) is 5.76 Å². The van der Waals surface area contributed by atoms with Crippen LogP contribution in [0.5, 0.6) is 0 Å². The van der Waals surface area contributed by atoms with Gasteiger partial charge >= 0.3 is 0 Å². The van der Waals surface area contributed by atoms with Crippen molar-refractivity contribution in [2.45, 2.75) is 45.8 Å². The largest absolute Gasteiger partial charge is 0.469 e. The Morgan fingerprint density at radius 1 is 1.42 bits per heavy atom. The average molecular weight is 268 g/mol. The minimum atomic E-state index is 0.123. The van der Waals surface area contributed by atoms with Gasteiger partial charge in [0.25, 0.3) is 0 Å². The van der Waals surface area contributed by atoms with Crippen LogP contribution >= 0.6 is 0 Å². The van der Waals surface area contributed by atoms with Crippen LogP contribution in [0.1, 0.15) is 32.1 Å². The summed E-state index contributed by atoms with van der Waals surface area (Å²) in [4.78, 5) is 2.31. The molecule has 0 aliphatic heterocycles. The second kappa shape index (κ2) is 7.08. The van der Waals surface area contributed by atoms with Crippen LogP contribution in [-0.2, 0) is 11.3 Å². The van der Waals surface area contributed by atoms with Crippen LogP contribution in [0.4, 0.5) is 0 Å². The number of furan rings is 1. The summed E-state index contributed by atoms with van der Waals surface area (Å²) < 4.78 is 10.7. The van der Waals surface area contributed by atoms with E-state index in [2.05, 4.69) is 38.0 Å². The lowest BCUT2D eigenvalue weighted by atomic mass is 10.1. The number of aryl methyl sites for hydroxylation is 1. The minimum Gasteiger partial charge on any atom is -0.469 e. The fourth-order valence-electron chi connectivity index (χ4n) is 1.93. The molecule has 0 saturated carbocycles. The molecule has 0 radical (unpaired) electrons. The van der Waals surface area contributed by atoms with Gasteiger partial charge in [-0.3, -0.25) is 4.90 Å². The number of hydrogen-bond donors (Lipinski definition) is 1. The maximum Gasteiger partial charge on any atom is 0.105 e. The summed E-state index contributed by atoms with van der Waals surface area (Å²) >= 11 is 0.